The number of nitrogens with one attached hydrogen (secondary N) is 1. The Kier molecular flexibility index (Phi) is 7.23. The zero-order valence-electron chi connectivity index (χ0n) is 21.7. The van der Waals surface area contributed by atoms with Gasteiger partial charge in [0.15, 0.2) is 5.11 Å². The van der Waals surface area contributed by atoms with Gasteiger partial charge in [-0.25, -0.2) is 0 Å². The molecule has 0 saturated carbocycles. The second-order valence-electron chi connectivity index (χ2n) is 9.63. The molecule has 0 radical (unpaired) electrons. The molecule has 7 nitrogen and oxygen atoms in total. The summed E-state index contributed by atoms with van der Waals surface area (Å²) in [6.07, 6.45) is 1.82. The van der Waals surface area contributed by atoms with E-state index in [0.29, 0.717) is 11.2 Å². The average Bonchev–Trinajstić information content (AvgIpc) is 3.40. The molecule has 1 fully saturated rings. The molecule has 5 rings (SSSR count). The molecule has 0 unspecified atom stereocenters. The van der Waals surface area contributed by atoms with Crippen molar-refractivity contribution in [3.8, 4) is 0 Å². The molecule has 2 atom stereocenters. The summed E-state index contributed by atoms with van der Waals surface area (Å²) in [4.78, 5) is 19.4. The maximum absolute atomic E-state index is 11.0. The molecule has 1 aliphatic heterocycles. The third-order valence-corrected chi connectivity index (χ3v) is 8.19. The van der Waals surface area contributed by atoms with Crippen LogP contribution in [0.25, 0.3) is 0 Å². The number of aryl methyl sites for hydroxylation is 1. The van der Waals surface area contributed by atoms with Gasteiger partial charge in [-0.05, 0) is 100 Å². The van der Waals surface area contributed by atoms with Crippen molar-refractivity contribution in [1.82, 2.24) is 14.9 Å². The molecule has 2 aromatic heterocycles. The quantitative estimate of drug-likeness (QED) is 0.149. The highest BCUT2D eigenvalue weighted by molar-refractivity contribution is 7.99. The van der Waals surface area contributed by atoms with Crippen LogP contribution in [-0.4, -0.2) is 19.6 Å². The van der Waals surface area contributed by atoms with Crippen molar-refractivity contribution in [1.29, 1.82) is 0 Å². The minimum Gasteiger partial charge on any atom is -0.351 e. The Bertz CT molecular complexity index is 1470. The van der Waals surface area contributed by atoms with Gasteiger partial charge in [-0.15, -0.1) is 0 Å². The van der Waals surface area contributed by atoms with Gasteiger partial charge in [-0.2, -0.15) is 0 Å². The summed E-state index contributed by atoms with van der Waals surface area (Å²) in [5, 5.41) is 15.2. The minimum absolute atomic E-state index is 0.0655. The molecular formula is C29H29N5O2S2. The Labute approximate surface area is 232 Å². The smallest absolute Gasteiger partial charge is 0.269 e. The molecule has 9 heteroatoms. The molecule has 0 bridgehead atoms. The fraction of sp³-hybridized carbons (Fsp3) is 0.241. The van der Waals surface area contributed by atoms with Crippen LogP contribution in [0.2, 0.25) is 0 Å². The summed E-state index contributed by atoms with van der Waals surface area (Å²) in [5.41, 5.74) is 5.70. The summed E-state index contributed by atoms with van der Waals surface area (Å²) < 4.78 is 2.37. The Hall–Kier alpha value is -3.69. The lowest BCUT2D eigenvalue weighted by Gasteiger charge is -2.28. The molecule has 3 heterocycles. The van der Waals surface area contributed by atoms with Crippen LogP contribution >= 0.6 is 24.0 Å². The lowest BCUT2D eigenvalue weighted by atomic mass is 9.96. The van der Waals surface area contributed by atoms with E-state index in [1.165, 1.54) is 29.1 Å². The van der Waals surface area contributed by atoms with E-state index in [1.807, 2.05) is 24.4 Å². The first-order chi connectivity index (χ1) is 18.2. The van der Waals surface area contributed by atoms with Crippen LogP contribution in [0.3, 0.4) is 0 Å². The zero-order valence-corrected chi connectivity index (χ0v) is 23.3. The number of hydrogen-bond donors (Lipinski definition) is 1. The van der Waals surface area contributed by atoms with Gasteiger partial charge in [-0.1, -0.05) is 17.8 Å². The first kappa shape index (κ1) is 25.9. The van der Waals surface area contributed by atoms with E-state index in [-0.39, 0.29) is 22.7 Å². The van der Waals surface area contributed by atoms with Gasteiger partial charge in [0.1, 0.15) is 0 Å². The number of nitro groups is 1. The highest BCUT2D eigenvalue weighted by Gasteiger charge is 2.42. The van der Waals surface area contributed by atoms with Crippen LogP contribution in [0.15, 0.2) is 88.8 Å². The van der Waals surface area contributed by atoms with Gasteiger partial charge < -0.3 is 14.8 Å². The van der Waals surface area contributed by atoms with E-state index in [1.54, 1.807) is 23.9 Å². The molecule has 4 aromatic rings. The van der Waals surface area contributed by atoms with Crippen molar-refractivity contribution >= 4 is 40.5 Å². The van der Waals surface area contributed by atoms with E-state index in [0.717, 1.165) is 21.2 Å². The van der Waals surface area contributed by atoms with E-state index < -0.39 is 0 Å². The summed E-state index contributed by atoms with van der Waals surface area (Å²) in [7, 11) is 0. The van der Waals surface area contributed by atoms with Crippen LogP contribution in [-0.2, 0) is 0 Å². The number of pyridine rings is 1. The van der Waals surface area contributed by atoms with Crippen molar-refractivity contribution < 1.29 is 4.92 Å². The lowest BCUT2D eigenvalue weighted by molar-refractivity contribution is -0.384. The number of rotatable bonds is 7. The predicted octanol–water partition coefficient (Wildman–Crippen LogP) is 7.32. The first-order valence-corrected chi connectivity index (χ1v) is 13.7. The third kappa shape index (κ3) is 4.91. The van der Waals surface area contributed by atoms with Crippen LogP contribution in [0, 0.1) is 24.0 Å². The normalized spacial score (nSPS) is 17.2. The van der Waals surface area contributed by atoms with Gasteiger partial charge in [0.05, 0.1) is 22.7 Å². The highest BCUT2D eigenvalue weighted by Crippen LogP contribution is 2.44. The number of benzene rings is 2. The number of nitrogens with zero attached hydrogens (tertiary/aromatic N) is 4. The van der Waals surface area contributed by atoms with Gasteiger partial charge in [0.25, 0.3) is 5.69 Å². The standard InChI is InChI=1S/C29H29N5O2S2/c1-18(2)32-19(3)17-25(20(32)4)28-27(26-7-5-6-16-30-26)31-29(37)33(28)21-8-12-23(13-9-21)38-24-14-10-22(11-15-24)34(35)36/h5-18,27-28H,1-4H3,(H,31,37)/t27-,28+/m0/s1. The highest BCUT2D eigenvalue weighted by atomic mass is 32.2. The first-order valence-electron chi connectivity index (χ1n) is 12.5. The maximum Gasteiger partial charge on any atom is 0.269 e. The Morgan fingerprint density at radius 3 is 2.24 bits per heavy atom. The second kappa shape index (κ2) is 10.6. The van der Waals surface area contributed by atoms with E-state index in [9.17, 15) is 10.1 Å². The molecule has 2 aromatic carbocycles. The number of aromatic nitrogens is 2. The fourth-order valence-electron chi connectivity index (χ4n) is 5.29. The maximum atomic E-state index is 11.0. The molecule has 0 spiro atoms. The van der Waals surface area contributed by atoms with Crippen molar-refractivity contribution in [2.75, 3.05) is 4.90 Å². The SMILES string of the molecule is Cc1cc([C@@H]2[C@H](c3ccccn3)NC(=S)N2c2ccc(Sc3ccc([N+](=O)[O-])cc3)cc2)c(C)n1C(C)C. The van der Waals surface area contributed by atoms with Crippen molar-refractivity contribution in [2.24, 2.45) is 0 Å². The molecule has 194 valence electrons. The molecule has 0 aliphatic carbocycles. The number of thiocarbonyl (C=S) groups is 1. The van der Waals surface area contributed by atoms with Crippen LogP contribution in [0.4, 0.5) is 11.4 Å². The van der Waals surface area contributed by atoms with Crippen molar-refractivity contribution in [3.05, 3.63) is 112 Å². The van der Waals surface area contributed by atoms with E-state index >= 15 is 0 Å². The monoisotopic (exact) mass is 543 g/mol. The molecular weight excluding hydrogens is 514 g/mol. The zero-order chi connectivity index (χ0) is 27.0. The topological polar surface area (TPSA) is 76.2 Å². The van der Waals surface area contributed by atoms with Gasteiger partial charge >= 0.3 is 0 Å². The average molecular weight is 544 g/mol. The fourth-order valence-corrected chi connectivity index (χ4v) is 6.45. The summed E-state index contributed by atoms with van der Waals surface area (Å²) in [6.45, 7) is 8.75. The predicted molar refractivity (Wildman–Crippen MR) is 156 cm³/mol. The Morgan fingerprint density at radius 1 is 1.03 bits per heavy atom. The number of nitro benzene ring substituents is 1. The molecule has 38 heavy (non-hydrogen) atoms. The number of anilines is 1. The summed E-state index contributed by atoms with van der Waals surface area (Å²) >= 11 is 7.46. The van der Waals surface area contributed by atoms with Crippen LogP contribution < -0.4 is 10.2 Å². The minimum atomic E-state index is -0.385. The van der Waals surface area contributed by atoms with Gasteiger partial charge in [0, 0.05) is 51.2 Å². The third-order valence-electron chi connectivity index (χ3n) is 6.85. The second-order valence-corrected chi connectivity index (χ2v) is 11.2. The van der Waals surface area contributed by atoms with Gasteiger partial charge in [0.2, 0.25) is 0 Å². The molecule has 1 aliphatic rings. The molecule has 0 amide bonds. The van der Waals surface area contributed by atoms with Crippen LogP contribution in [0.1, 0.15) is 54.6 Å². The Balaban J connectivity index is 1.50. The molecule has 1 N–H and O–H groups in total. The van der Waals surface area contributed by atoms with Crippen LogP contribution in [0.5, 0.6) is 0 Å². The van der Waals surface area contributed by atoms with E-state index in [2.05, 4.69) is 77.8 Å². The summed E-state index contributed by atoms with van der Waals surface area (Å²) in [5.74, 6) is 0. The van der Waals surface area contributed by atoms with E-state index in [4.69, 9.17) is 12.2 Å². The summed E-state index contributed by atoms with van der Waals surface area (Å²) in [6, 6.07) is 23.3. The number of non-ortho nitro benzene ring substituents is 1. The largest absolute Gasteiger partial charge is 0.351 e. The van der Waals surface area contributed by atoms with Gasteiger partial charge in [-0.3, -0.25) is 15.1 Å². The Morgan fingerprint density at radius 2 is 1.68 bits per heavy atom. The van der Waals surface area contributed by atoms with Crippen molar-refractivity contribution in [3.63, 3.8) is 0 Å². The lowest BCUT2D eigenvalue weighted by Crippen LogP contribution is -2.29. The molecule has 1 saturated heterocycles. The van der Waals surface area contributed by atoms with Crippen molar-refractivity contribution in [2.45, 2.75) is 55.6 Å². The number of hydrogen-bond acceptors (Lipinski definition) is 5.